The van der Waals surface area contributed by atoms with Crippen LogP contribution >= 0.6 is 24.0 Å². The van der Waals surface area contributed by atoms with E-state index in [1.165, 1.54) is 19.2 Å². The zero-order valence-electron chi connectivity index (χ0n) is 13.9. The zero-order valence-corrected chi connectivity index (χ0v) is 16.2. The molecule has 24 heavy (non-hydrogen) atoms. The molecule has 2 N–H and O–H groups in total. The second-order valence-corrected chi connectivity index (χ2v) is 4.72. The molecule has 0 amide bonds. The van der Waals surface area contributed by atoms with Crippen molar-refractivity contribution in [3.63, 3.8) is 0 Å². The Morgan fingerprint density at radius 2 is 1.92 bits per heavy atom. The van der Waals surface area contributed by atoms with Gasteiger partial charge in [-0.05, 0) is 24.1 Å². The van der Waals surface area contributed by atoms with Crippen LogP contribution < -0.4 is 15.4 Å². The predicted octanol–water partition coefficient (Wildman–Crippen LogP) is 3.03. The second-order valence-electron chi connectivity index (χ2n) is 4.72. The Bertz CT molecular complexity index is 525. The standard InChI is InChI=1S/C15H22F3N3O2.HI/c1-19-14(20-7-4-8-22-2)21-10-11-5-6-12(23-3)9-13(11)15(16,17)18;/h5-6,9H,4,7-8,10H2,1-3H3,(H2,19,20,21);1H. The molecule has 9 heteroatoms. The molecule has 5 nitrogen and oxygen atoms in total. The van der Waals surface area contributed by atoms with Crippen molar-refractivity contribution in [1.82, 2.24) is 10.6 Å². The highest BCUT2D eigenvalue weighted by atomic mass is 127. The first-order valence-corrected chi connectivity index (χ1v) is 7.10. The number of ether oxygens (including phenoxy) is 2. The third-order valence-corrected chi connectivity index (χ3v) is 3.11. The summed E-state index contributed by atoms with van der Waals surface area (Å²) in [5, 5.41) is 5.88. The van der Waals surface area contributed by atoms with Crippen molar-refractivity contribution < 1.29 is 22.6 Å². The van der Waals surface area contributed by atoms with Crippen LogP contribution in [0.15, 0.2) is 23.2 Å². The Morgan fingerprint density at radius 1 is 1.21 bits per heavy atom. The van der Waals surface area contributed by atoms with Crippen molar-refractivity contribution in [1.29, 1.82) is 0 Å². The van der Waals surface area contributed by atoms with E-state index in [1.807, 2.05) is 0 Å². The third kappa shape index (κ3) is 7.56. The molecular formula is C15H23F3IN3O2. The fourth-order valence-electron chi connectivity index (χ4n) is 1.92. The number of guanidine groups is 1. The lowest BCUT2D eigenvalue weighted by molar-refractivity contribution is -0.138. The number of hydrogen-bond acceptors (Lipinski definition) is 3. The first-order valence-electron chi connectivity index (χ1n) is 7.10. The Labute approximate surface area is 157 Å². The number of hydrogen-bond donors (Lipinski definition) is 2. The topological polar surface area (TPSA) is 54.9 Å². The summed E-state index contributed by atoms with van der Waals surface area (Å²) in [6.45, 7) is 1.21. The van der Waals surface area contributed by atoms with Crippen molar-refractivity contribution in [3.05, 3.63) is 29.3 Å². The van der Waals surface area contributed by atoms with E-state index in [1.54, 1.807) is 14.2 Å². The molecule has 0 aliphatic rings. The molecule has 138 valence electrons. The van der Waals surface area contributed by atoms with Gasteiger partial charge in [-0.2, -0.15) is 13.2 Å². The minimum atomic E-state index is -4.44. The molecule has 0 unspecified atom stereocenters. The van der Waals surface area contributed by atoms with Gasteiger partial charge in [-0.1, -0.05) is 6.07 Å². The molecule has 0 saturated carbocycles. The van der Waals surface area contributed by atoms with E-state index < -0.39 is 11.7 Å². The van der Waals surface area contributed by atoms with Crippen molar-refractivity contribution >= 4 is 29.9 Å². The van der Waals surface area contributed by atoms with Gasteiger partial charge in [0.2, 0.25) is 0 Å². The molecular weight excluding hydrogens is 438 g/mol. The van der Waals surface area contributed by atoms with Crippen LogP contribution in [0.4, 0.5) is 13.2 Å². The molecule has 0 radical (unpaired) electrons. The van der Waals surface area contributed by atoms with Gasteiger partial charge in [0.25, 0.3) is 0 Å². The molecule has 0 atom stereocenters. The van der Waals surface area contributed by atoms with Crippen LogP contribution in [0.3, 0.4) is 0 Å². The van der Waals surface area contributed by atoms with Gasteiger partial charge >= 0.3 is 6.18 Å². The molecule has 1 rings (SSSR count). The van der Waals surface area contributed by atoms with Crippen molar-refractivity contribution in [2.75, 3.05) is 34.4 Å². The van der Waals surface area contributed by atoms with Gasteiger partial charge in [-0.3, -0.25) is 4.99 Å². The maximum atomic E-state index is 13.1. The molecule has 0 fully saturated rings. The average Bonchev–Trinajstić information content (AvgIpc) is 2.53. The predicted molar refractivity (Wildman–Crippen MR) is 98.1 cm³/mol. The van der Waals surface area contributed by atoms with Gasteiger partial charge in [0.15, 0.2) is 5.96 Å². The number of rotatable bonds is 7. The number of nitrogens with one attached hydrogen (secondary N) is 2. The molecule has 1 aromatic rings. The van der Waals surface area contributed by atoms with E-state index in [4.69, 9.17) is 9.47 Å². The van der Waals surface area contributed by atoms with E-state index in [-0.39, 0.29) is 41.8 Å². The van der Waals surface area contributed by atoms with Gasteiger partial charge in [-0.25, -0.2) is 0 Å². The Balaban J connectivity index is 0.00000529. The summed E-state index contributed by atoms with van der Waals surface area (Å²) in [6, 6.07) is 3.89. The number of alkyl halides is 3. The smallest absolute Gasteiger partial charge is 0.416 e. The molecule has 0 aliphatic carbocycles. The van der Waals surface area contributed by atoms with Crippen LogP contribution in [0, 0.1) is 0 Å². The fourth-order valence-corrected chi connectivity index (χ4v) is 1.92. The number of benzene rings is 1. The van der Waals surface area contributed by atoms with E-state index in [0.29, 0.717) is 19.1 Å². The highest BCUT2D eigenvalue weighted by Crippen LogP contribution is 2.34. The van der Waals surface area contributed by atoms with Gasteiger partial charge in [-0.15, -0.1) is 24.0 Å². The number of methoxy groups -OCH3 is 2. The van der Waals surface area contributed by atoms with E-state index >= 15 is 0 Å². The largest absolute Gasteiger partial charge is 0.497 e. The van der Waals surface area contributed by atoms with Crippen molar-refractivity contribution in [3.8, 4) is 5.75 Å². The Hall–Kier alpha value is -1.23. The monoisotopic (exact) mass is 461 g/mol. The summed E-state index contributed by atoms with van der Waals surface area (Å²) in [5.74, 6) is 0.605. The maximum Gasteiger partial charge on any atom is 0.416 e. The average molecular weight is 461 g/mol. The summed E-state index contributed by atoms with van der Waals surface area (Å²) in [7, 11) is 4.50. The summed E-state index contributed by atoms with van der Waals surface area (Å²) in [6.07, 6.45) is -3.67. The van der Waals surface area contributed by atoms with E-state index in [2.05, 4.69) is 15.6 Å². The highest BCUT2D eigenvalue weighted by Gasteiger charge is 2.33. The molecule has 0 spiro atoms. The second kappa shape index (κ2) is 11.3. The van der Waals surface area contributed by atoms with Gasteiger partial charge < -0.3 is 20.1 Å². The highest BCUT2D eigenvalue weighted by molar-refractivity contribution is 14.0. The van der Waals surface area contributed by atoms with Crippen molar-refractivity contribution in [2.24, 2.45) is 4.99 Å². The van der Waals surface area contributed by atoms with Crippen LogP contribution in [0.2, 0.25) is 0 Å². The van der Waals surface area contributed by atoms with E-state index in [0.717, 1.165) is 12.5 Å². The normalized spacial score (nSPS) is 11.7. The molecule has 0 bridgehead atoms. The summed E-state index contributed by atoms with van der Waals surface area (Å²) in [4.78, 5) is 3.97. The van der Waals surface area contributed by atoms with Crippen LogP contribution in [0.25, 0.3) is 0 Å². The van der Waals surface area contributed by atoms with Gasteiger partial charge in [0.05, 0.1) is 12.7 Å². The first kappa shape index (κ1) is 22.8. The summed E-state index contributed by atoms with van der Waals surface area (Å²) >= 11 is 0. The summed E-state index contributed by atoms with van der Waals surface area (Å²) in [5.41, 5.74) is -0.600. The minimum Gasteiger partial charge on any atom is -0.497 e. The molecule has 0 aromatic heterocycles. The van der Waals surface area contributed by atoms with Crippen LogP contribution in [0.1, 0.15) is 17.5 Å². The molecule has 0 saturated heterocycles. The SMILES string of the molecule is CN=C(NCCCOC)NCc1ccc(OC)cc1C(F)(F)F.I. The Morgan fingerprint density at radius 3 is 2.46 bits per heavy atom. The number of nitrogens with zero attached hydrogens (tertiary/aromatic N) is 1. The van der Waals surface area contributed by atoms with Gasteiger partial charge in [0, 0.05) is 33.9 Å². The van der Waals surface area contributed by atoms with Crippen LogP contribution in [-0.2, 0) is 17.5 Å². The maximum absolute atomic E-state index is 13.1. The lowest BCUT2D eigenvalue weighted by atomic mass is 10.1. The van der Waals surface area contributed by atoms with Gasteiger partial charge in [0.1, 0.15) is 5.75 Å². The zero-order chi connectivity index (χ0) is 17.3. The van der Waals surface area contributed by atoms with Crippen LogP contribution in [-0.4, -0.2) is 40.4 Å². The van der Waals surface area contributed by atoms with Crippen molar-refractivity contribution in [2.45, 2.75) is 19.1 Å². The molecule has 1 aromatic carbocycles. The van der Waals surface area contributed by atoms with Crippen LogP contribution in [0.5, 0.6) is 5.75 Å². The Kier molecular flexibility index (Phi) is 10.8. The number of halogens is 4. The summed E-state index contributed by atoms with van der Waals surface area (Å²) < 4.78 is 49.1. The molecule has 0 aliphatic heterocycles. The third-order valence-electron chi connectivity index (χ3n) is 3.11. The molecule has 0 heterocycles. The number of aliphatic imine (C=N–C) groups is 1. The first-order chi connectivity index (χ1) is 10.9. The lowest BCUT2D eigenvalue weighted by Crippen LogP contribution is -2.37. The quantitative estimate of drug-likeness (QED) is 0.284. The van der Waals surface area contributed by atoms with E-state index in [9.17, 15) is 13.2 Å². The fraction of sp³-hybridized carbons (Fsp3) is 0.533. The lowest BCUT2D eigenvalue weighted by Gasteiger charge is -2.16. The minimum absolute atomic E-state index is 0.